The Bertz CT molecular complexity index is 298. The average molecular weight is 203 g/mol. The van der Waals surface area contributed by atoms with Gasteiger partial charge in [-0.15, -0.1) is 5.92 Å². The maximum Gasteiger partial charge on any atom is 0.0245 e. The highest BCUT2D eigenvalue weighted by atomic mass is 14.8. The topological polar surface area (TPSA) is 12.0 Å². The van der Waals surface area contributed by atoms with Crippen LogP contribution in [0.4, 0.5) is 0 Å². The van der Waals surface area contributed by atoms with Crippen molar-refractivity contribution in [1.82, 2.24) is 5.32 Å². The van der Waals surface area contributed by atoms with Crippen LogP contribution in [0.1, 0.15) is 31.9 Å². The monoisotopic (exact) mass is 203 g/mol. The lowest BCUT2D eigenvalue weighted by atomic mass is 10.2. The van der Waals surface area contributed by atoms with Crippen molar-refractivity contribution in [2.45, 2.75) is 27.7 Å². The van der Waals surface area contributed by atoms with E-state index in [1.807, 2.05) is 19.1 Å². The van der Waals surface area contributed by atoms with Crippen molar-refractivity contribution in [1.29, 1.82) is 0 Å². The Labute approximate surface area is 93.9 Å². The molecule has 15 heavy (non-hydrogen) atoms. The Morgan fingerprint density at radius 2 is 1.60 bits per heavy atom. The molecular weight excluding hydrogens is 182 g/mol. The van der Waals surface area contributed by atoms with Crippen LogP contribution < -0.4 is 5.32 Å². The highest BCUT2D eigenvalue weighted by molar-refractivity contribution is 5.35. The Kier molecular flexibility index (Phi) is 8.52. The van der Waals surface area contributed by atoms with Crippen molar-refractivity contribution in [3.8, 4) is 11.8 Å². The van der Waals surface area contributed by atoms with Gasteiger partial charge < -0.3 is 5.32 Å². The molecule has 0 heterocycles. The molecule has 0 saturated carbocycles. The predicted octanol–water partition coefficient (Wildman–Crippen LogP) is 2.98. The lowest BCUT2D eigenvalue weighted by molar-refractivity contribution is 0.762. The van der Waals surface area contributed by atoms with E-state index in [0.717, 1.165) is 18.7 Å². The number of hydrogen-bond acceptors (Lipinski definition) is 1. The summed E-state index contributed by atoms with van der Waals surface area (Å²) in [6, 6.07) is 8.21. The van der Waals surface area contributed by atoms with Crippen molar-refractivity contribution in [3.05, 3.63) is 35.4 Å². The molecule has 0 atom stereocenters. The largest absolute Gasteiger partial charge is 0.317 e. The molecule has 0 aliphatic rings. The standard InChI is InChI=1S/C10H10.C4H11N/c1-3-4-10-7-5-9(2)6-8-10;1-3-5-4-2/h5-8H,1-2H3;5H,3-4H2,1-2H3. The second-order valence-corrected chi connectivity index (χ2v) is 3.20. The molecule has 0 radical (unpaired) electrons. The fourth-order valence-corrected chi connectivity index (χ4v) is 1.03. The molecule has 1 rings (SSSR count). The van der Waals surface area contributed by atoms with Gasteiger partial charge in [0, 0.05) is 5.56 Å². The maximum absolute atomic E-state index is 3.11. The van der Waals surface area contributed by atoms with E-state index in [1.54, 1.807) is 0 Å². The predicted molar refractivity (Wildman–Crippen MR) is 67.9 cm³/mol. The van der Waals surface area contributed by atoms with Crippen LogP contribution in [0.2, 0.25) is 0 Å². The third kappa shape index (κ3) is 7.78. The molecule has 0 aliphatic carbocycles. The van der Waals surface area contributed by atoms with Gasteiger partial charge in [0.2, 0.25) is 0 Å². The zero-order valence-electron chi connectivity index (χ0n) is 10.2. The van der Waals surface area contributed by atoms with Gasteiger partial charge in [0.05, 0.1) is 0 Å². The van der Waals surface area contributed by atoms with E-state index in [-0.39, 0.29) is 0 Å². The molecule has 0 unspecified atom stereocenters. The van der Waals surface area contributed by atoms with Crippen molar-refractivity contribution in [3.63, 3.8) is 0 Å². The molecule has 0 fully saturated rings. The summed E-state index contributed by atoms with van der Waals surface area (Å²) in [5, 5.41) is 3.11. The van der Waals surface area contributed by atoms with E-state index in [0.29, 0.717) is 0 Å². The average Bonchev–Trinajstić information content (AvgIpc) is 2.24. The summed E-state index contributed by atoms with van der Waals surface area (Å²) in [6.45, 7) is 10.3. The van der Waals surface area contributed by atoms with Crippen LogP contribution in [0, 0.1) is 18.8 Å². The molecule has 0 bridgehead atoms. The summed E-state index contributed by atoms with van der Waals surface area (Å²) < 4.78 is 0. The molecule has 0 amide bonds. The van der Waals surface area contributed by atoms with Crippen LogP contribution in [0.5, 0.6) is 0 Å². The van der Waals surface area contributed by atoms with Gasteiger partial charge in [0.25, 0.3) is 0 Å². The second-order valence-electron chi connectivity index (χ2n) is 3.20. The van der Waals surface area contributed by atoms with E-state index in [2.05, 4.69) is 50.1 Å². The minimum absolute atomic E-state index is 1.09. The van der Waals surface area contributed by atoms with E-state index in [1.165, 1.54) is 5.56 Å². The second kappa shape index (κ2) is 9.30. The first-order valence-electron chi connectivity index (χ1n) is 5.44. The Morgan fingerprint density at radius 1 is 1.07 bits per heavy atom. The van der Waals surface area contributed by atoms with Gasteiger partial charge in [-0.25, -0.2) is 0 Å². The number of nitrogens with one attached hydrogen (secondary N) is 1. The van der Waals surface area contributed by atoms with Crippen LogP contribution in [0.25, 0.3) is 0 Å². The van der Waals surface area contributed by atoms with E-state index in [4.69, 9.17) is 0 Å². The zero-order chi connectivity index (χ0) is 11.5. The van der Waals surface area contributed by atoms with E-state index < -0.39 is 0 Å². The minimum Gasteiger partial charge on any atom is -0.317 e. The molecule has 1 N–H and O–H groups in total. The van der Waals surface area contributed by atoms with E-state index >= 15 is 0 Å². The summed E-state index contributed by atoms with van der Waals surface area (Å²) >= 11 is 0. The molecule has 0 aromatic heterocycles. The van der Waals surface area contributed by atoms with Crippen molar-refractivity contribution in [2.75, 3.05) is 13.1 Å². The molecule has 1 aromatic rings. The van der Waals surface area contributed by atoms with Gasteiger partial charge in [0.15, 0.2) is 0 Å². The molecule has 1 aromatic carbocycles. The zero-order valence-corrected chi connectivity index (χ0v) is 10.2. The molecular formula is C14H21N. The van der Waals surface area contributed by atoms with Gasteiger partial charge in [-0.1, -0.05) is 37.5 Å². The highest BCUT2D eigenvalue weighted by Gasteiger charge is 1.83. The quantitative estimate of drug-likeness (QED) is 0.729. The summed E-state index contributed by atoms with van der Waals surface area (Å²) in [5.41, 5.74) is 2.37. The third-order valence-corrected chi connectivity index (χ3v) is 1.82. The van der Waals surface area contributed by atoms with Gasteiger partial charge >= 0.3 is 0 Å². The lowest BCUT2D eigenvalue weighted by Gasteiger charge is -1.90. The molecule has 1 heteroatoms. The fourth-order valence-electron chi connectivity index (χ4n) is 1.03. The molecule has 0 saturated heterocycles. The van der Waals surface area contributed by atoms with Crippen LogP contribution in [0.15, 0.2) is 24.3 Å². The van der Waals surface area contributed by atoms with Crippen LogP contribution in [0.3, 0.4) is 0 Å². The first-order chi connectivity index (χ1) is 7.24. The number of aryl methyl sites for hydroxylation is 1. The van der Waals surface area contributed by atoms with Gasteiger partial charge in [-0.05, 0) is 39.1 Å². The highest BCUT2D eigenvalue weighted by Crippen LogP contribution is 2.00. The molecule has 82 valence electrons. The normalized spacial score (nSPS) is 8.27. The van der Waals surface area contributed by atoms with E-state index in [9.17, 15) is 0 Å². The van der Waals surface area contributed by atoms with Crippen LogP contribution in [-0.4, -0.2) is 13.1 Å². The summed E-state index contributed by atoms with van der Waals surface area (Å²) in [5.74, 6) is 5.84. The summed E-state index contributed by atoms with van der Waals surface area (Å²) in [6.07, 6.45) is 0. The SMILES string of the molecule is CC#Cc1ccc(C)cc1.CCNCC. The smallest absolute Gasteiger partial charge is 0.0245 e. The summed E-state index contributed by atoms with van der Waals surface area (Å²) in [7, 11) is 0. The number of benzene rings is 1. The van der Waals surface area contributed by atoms with Crippen LogP contribution >= 0.6 is 0 Å². The Hall–Kier alpha value is -1.26. The van der Waals surface area contributed by atoms with Gasteiger partial charge in [-0.3, -0.25) is 0 Å². The first-order valence-corrected chi connectivity index (χ1v) is 5.44. The number of rotatable bonds is 2. The van der Waals surface area contributed by atoms with Gasteiger partial charge in [-0.2, -0.15) is 0 Å². The Morgan fingerprint density at radius 3 is 1.93 bits per heavy atom. The Balaban J connectivity index is 0.000000336. The molecule has 0 aliphatic heterocycles. The lowest BCUT2D eigenvalue weighted by Crippen LogP contribution is -2.09. The van der Waals surface area contributed by atoms with Crippen LogP contribution in [-0.2, 0) is 0 Å². The summed E-state index contributed by atoms with van der Waals surface area (Å²) in [4.78, 5) is 0. The third-order valence-electron chi connectivity index (χ3n) is 1.82. The molecule has 1 nitrogen and oxygen atoms in total. The molecule has 0 spiro atoms. The van der Waals surface area contributed by atoms with Crippen molar-refractivity contribution < 1.29 is 0 Å². The maximum atomic E-state index is 3.11. The fraction of sp³-hybridized carbons (Fsp3) is 0.429. The minimum atomic E-state index is 1.09. The van der Waals surface area contributed by atoms with Crippen molar-refractivity contribution in [2.24, 2.45) is 0 Å². The van der Waals surface area contributed by atoms with Crippen molar-refractivity contribution >= 4 is 0 Å². The first kappa shape index (κ1) is 13.7. The van der Waals surface area contributed by atoms with Gasteiger partial charge in [0.1, 0.15) is 0 Å². The number of hydrogen-bond donors (Lipinski definition) is 1.